The van der Waals surface area contributed by atoms with Crippen molar-refractivity contribution >= 4 is 17.5 Å². The lowest BCUT2D eigenvalue weighted by molar-refractivity contribution is -0.135. The van der Waals surface area contributed by atoms with Crippen LogP contribution in [-0.4, -0.2) is 48.9 Å². The van der Waals surface area contributed by atoms with Gasteiger partial charge in [-0.25, -0.2) is 0 Å². The molecule has 0 radical (unpaired) electrons. The molecule has 1 fully saturated rings. The Hall–Kier alpha value is -2.82. The Morgan fingerprint density at radius 3 is 2.35 bits per heavy atom. The maximum Gasteiger partial charge on any atom is 0.251 e. The average molecular weight is 420 g/mol. The lowest BCUT2D eigenvalue weighted by atomic mass is 9.94. The van der Waals surface area contributed by atoms with E-state index < -0.39 is 6.04 Å². The molecule has 164 valence electrons. The fourth-order valence-electron chi connectivity index (χ4n) is 4.77. The molecule has 2 aliphatic heterocycles. The number of hydrogen-bond donors (Lipinski definition) is 1. The second-order valence-electron chi connectivity index (χ2n) is 9.15. The van der Waals surface area contributed by atoms with Gasteiger partial charge in [0.1, 0.15) is 6.04 Å². The highest BCUT2D eigenvalue weighted by molar-refractivity contribution is 5.97. The molecule has 2 aliphatic rings. The highest BCUT2D eigenvalue weighted by atomic mass is 16.2. The van der Waals surface area contributed by atoms with E-state index in [-0.39, 0.29) is 17.7 Å². The predicted octanol–water partition coefficient (Wildman–Crippen LogP) is 3.74. The smallest absolute Gasteiger partial charge is 0.251 e. The van der Waals surface area contributed by atoms with Crippen LogP contribution in [0.25, 0.3) is 0 Å². The molecule has 5 nitrogen and oxygen atoms in total. The van der Waals surface area contributed by atoms with Gasteiger partial charge < -0.3 is 15.1 Å². The third-order valence-corrected chi connectivity index (χ3v) is 6.64. The first-order chi connectivity index (χ1) is 15.0. The number of nitrogens with one attached hydrogen (secondary N) is 1. The topological polar surface area (TPSA) is 52.7 Å². The molecular weight excluding hydrogens is 386 g/mol. The van der Waals surface area contributed by atoms with Crippen molar-refractivity contribution in [3.63, 3.8) is 0 Å². The van der Waals surface area contributed by atoms with E-state index in [1.807, 2.05) is 36.9 Å². The Kier molecular flexibility index (Phi) is 6.59. The van der Waals surface area contributed by atoms with Crippen molar-refractivity contribution in [1.29, 1.82) is 0 Å². The van der Waals surface area contributed by atoms with Crippen LogP contribution in [0, 0.1) is 11.8 Å². The van der Waals surface area contributed by atoms with Crippen LogP contribution < -0.4 is 10.2 Å². The fraction of sp³-hybridized carbons (Fsp3) is 0.462. The summed E-state index contributed by atoms with van der Waals surface area (Å²) in [7, 11) is 0. The Balaban J connectivity index is 1.32. The molecule has 1 N–H and O–H groups in total. The minimum absolute atomic E-state index is 0.0407. The van der Waals surface area contributed by atoms with Gasteiger partial charge in [0.25, 0.3) is 5.91 Å². The predicted molar refractivity (Wildman–Crippen MR) is 124 cm³/mol. The van der Waals surface area contributed by atoms with E-state index in [0.29, 0.717) is 11.5 Å². The van der Waals surface area contributed by atoms with Gasteiger partial charge in [-0.3, -0.25) is 9.59 Å². The molecule has 2 heterocycles. The first-order valence-electron chi connectivity index (χ1n) is 11.5. The number of para-hydroxylation sites is 1. The van der Waals surface area contributed by atoms with Crippen molar-refractivity contribution in [3.05, 3.63) is 65.7 Å². The number of rotatable bonds is 6. The third-order valence-electron chi connectivity index (χ3n) is 6.64. The molecular formula is C26H33N3O2. The molecule has 0 saturated carbocycles. The Bertz CT molecular complexity index is 904. The first kappa shape index (κ1) is 21.4. The van der Waals surface area contributed by atoms with E-state index in [1.54, 1.807) is 12.1 Å². The summed E-state index contributed by atoms with van der Waals surface area (Å²) >= 11 is 0. The monoisotopic (exact) mass is 419 g/mol. The van der Waals surface area contributed by atoms with Crippen molar-refractivity contribution in [1.82, 2.24) is 10.2 Å². The van der Waals surface area contributed by atoms with Gasteiger partial charge in [0.15, 0.2) is 0 Å². The molecule has 0 aromatic heterocycles. The number of carbonyl (C=O) groups is 2. The summed E-state index contributed by atoms with van der Waals surface area (Å²) in [6.45, 7) is 7.68. The highest BCUT2D eigenvalue weighted by Crippen LogP contribution is 2.30. The second-order valence-corrected chi connectivity index (χ2v) is 9.15. The van der Waals surface area contributed by atoms with E-state index >= 15 is 0 Å². The highest BCUT2D eigenvalue weighted by Gasteiger charge is 2.32. The van der Waals surface area contributed by atoms with Crippen LogP contribution >= 0.6 is 0 Å². The Morgan fingerprint density at radius 1 is 0.968 bits per heavy atom. The van der Waals surface area contributed by atoms with Gasteiger partial charge in [-0.2, -0.15) is 0 Å². The minimum Gasteiger partial charge on any atom is -0.371 e. The zero-order valence-electron chi connectivity index (χ0n) is 18.6. The summed E-state index contributed by atoms with van der Waals surface area (Å²) in [6, 6.07) is 17.3. The number of anilines is 1. The zero-order valence-corrected chi connectivity index (χ0v) is 18.6. The summed E-state index contributed by atoms with van der Waals surface area (Å²) < 4.78 is 0. The minimum atomic E-state index is -0.491. The van der Waals surface area contributed by atoms with Gasteiger partial charge in [0.2, 0.25) is 5.91 Å². The molecule has 4 rings (SSSR count). The number of hydrogen-bond acceptors (Lipinski definition) is 3. The van der Waals surface area contributed by atoms with Crippen LogP contribution in [-0.2, 0) is 11.2 Å². The van der Waals surface area contributed by atoms with Crippen molar-refractivity contribution in [3.8, 4) is 0 Å². The van der Waals surface area contributed by atoms with E-state index in [2.05, 4.69) is 34.5 Å². The van der Waals surface area contributed by atoms with Gasteiger partial charge in [0.05, 0.1) is 0 Å². The number of fused-ring (bicyclic) bond motifs is 1. The second kappa shape index (κ2) is 9.54. The van der Waals surface area contributed by atoms with E-state index in [1.165, 1.54) is 11.3 Å². The largest absolute Gasteiger partial charge is 0.371 e. The van der Waals surface area contributed by atoms with E-state index in [0.717, 1.165) is 45.4 Å². The van der Waals surface area contributed by atoms with Gasteiger partial charge >= 0.3 is 0 Å². The molecule has 1 saturated heterocycles. The lowest BCUT2D eigenvalue weighted by Crippen LogP contribution is -2.53. The number of nitrogens with zero attached hydrogens (tertiary/aromatic N) is 2. The van der Waals surface area contributed by atoms with Crippen LogP contribution in [0.5, 0.6) is 0 Å². The van der Waals surface area contributed by atoms with E-state index in [9.17, 15) is 9.59 Å². The number of carbonyl (C=O) groups excluding carboxylic acids is 2. The fourth-order valence-corrected chi connectivity index (χ4v) is 4.77. The number of piperidine rings is 1. The van der Waals surface area contributed by atoms with Crippen LogP contribution in [0.3, 0.4) is 0 Å². The van der Waals surface area contributed by atoms with Crippen LogP contribution in [0.1, 0.15) is 42.6 Å². The zero-order chi connectivity index (χ0) is 21.8. The van der Waals surface area contributed by atoms with Gasteiger partial charge in [-0.15, -0.1) is 0 Å². The molecule has 0 spiro atoms. The maximum atomic E-state index is 13.2. The summed E-state index contributed by atoms with van der Waals surface area (Å²) in [6.07, 6.45) is 3.16. The molecule has 0 bridgehead atoms. The SMILES string of the molecule is CC(C)C(NC(=O)c1ccccc1)C(=O)N1CCC(CN2CCc3ccccc32)CC1. The summed E-state index contributed by atoms with van der Waals surface area (Å²) in [4.78, 5) is 30.3. The summed E-state index contributed by atoms with van der Waals surface area (Å²) in [5.74, 6) is 0.505. The molecule has 2 aromatic rings. The quantitative estimate of drug-likeness (QED) is 0.776. The number of amides is 2. The van der Waals surface area contributed by atoms with Crippen LogP contribution in [0.15, 0.2) is 54.6 Å². The molecule has 31 heavy (non-hydrogen) atoms. The summed E-state index contributed by atoms with van der Waals surface area (Å²) in [5, 5.41) is 2.97. The van der Waals surface area contributed by atoms with Crippen molar-refractivity contribution in [2.45, 2.75) is 39.2 Å². The lowest BCUT2D eigenvalue weighted by Gasteiger charge is -2.37. The molecule has 2 aromatic carbocycles. The van der Waals surface area contributed by atoms with Gasteiger partial charge in [-0.05, 0) is 54.9 Å². The van der Waals surface area contributed by atoms with E-state index in [4.69, 9.17) is 0 Å². The average Bonchev–Trinajstić information content (AvgIpc) is 3.20. The molecule has 1 unspecified atom stereocenters. The molecule has 0 aliphatic carbocycles. The molecule has 5 heteroatoms. The Morgan fingerprint density at radius 2 is 1.65 bits per heavy atom. The normalized spacial score (nSPS) is 17.5. The van der Waals surface area contributed by atoms with Crippen molar-refractivity contribution < 1.29 is 9.59 Å². The standard InChI is InChI=1S/C26H33N3O2/c1-19(2)24(27-25(30)22-9-4-3-5-10-22)26(31)28-15-12-20(13-16-28)18-29-17-14-21-8-6-7-11-23(21)29/h3-11,19-20,24H,12-18H2,1-2H3,(H,27,30). The van der Waals surface area contributed by atoms with Crippen LogP contribution in [0.4, 0.5) is 5.69 Å². The van der Waals surface area contributed by atoms with Gasteiger partial charge in [-0.1, -0.05) is 50.2 Å². The van der Waals surface area contributed by atoms with Crippen molar-refractivity contribution in [2.75, 3.05) is 31.1 Å². The van der Waals surface area contributed by atoms with Crippen molar-refractivity contribution in [2.24, 2.45) is 11.8 Å². The molecule has 1 atom stereocenters. The first-order valence-corrected chi connectivity index (χ1v) is 11.5. The maximum absolute atomic E-state index is 13.2. The Labute approximate surface area is 185 Å². The number of benzene rings is 2. The summed E-state index contributed by atoms with van der Waals surface area (Å²) in [5.41, 5.74) is 3.42. The third kappa shape index (κ3) is 4.92. The molecule has 2 amide bonds. The van der Waals surface area contributed by atoms with Crippen LogP contribution in [0.2, 0.25) is 0 Å². The number of likely N-dealkylation sites (tertiary alicyclic amines) is 1. The van der Waals surface area contributed by atoms with Gasteiger partial charge in [0, 0.05) is 37.4 Å².